The highest BCUT2D eigenvalue weighted by atomic mass is 16.4. The largest absolute Gasteiger partial charge is 0.456 e. The molecule has 1 amide bonds. The minimum absolute atomic E-state index is 0.000833. The van der Waals surface area contributed by atoms with Gasteiger partial charge in [-0.05, 0) is 37.8 Å². The molecule has 88 valence electrons. The molecule has 1 heterocycles. The number of hydrogen-bond donors (Lipinski definition) is 0. The maximum Gasteiger partial charge on any atom is 0.289 e. The topological polar surface area (TPSA) is 33.5 Å². The normalized spacial score (nSPS) is 17.2. The molecule has 1 aliphatic rings. The number of hydrogen-bond acceptors (Lipinski definition) is 2. The first-order chi connectivity index (χ1) is 7.63. The van der Waals surface area contributed by atoms with Gasteiger partial charge in [0, 0.05) is 19.5 Å². The van der Waals surface area contributed by atoms with Crippen LogP contribution in [0.2, 0.25) is 0 Å². The Bertz CT molecular complexity index is 379. The lowest BCUT2D eigenvalue weighted by atomic mass is 10.2. The number of rotatable bonds is 4. The molecule has 0 spiro atoms. The summed E-state index contributed by atoms with van der Waals surface area (Å²) in [7, 11) is 1.86. The summed E-state index contributed by atoms with van der Waals surface area (Å²) < 4.78 is 5.47. The summed E-state index contributed by atoms with van der Waals surface area (Å²) in [5, 5.41) is 0. The van der Waals surface area contributed by atoms with Crippen molar-refractivity contribution in [2.75, 3.05) is 7.05 Å². The fourth-order valence-electron chi connectivity index (χ4n) is 1.94. The highest BCUT2D eigenvalue weighted by molar-refractivity contribution is 5.91. The summed E-state index contributed by atoms with van der Waals surface area (Å²) in [6.07, 6.45) is 3.32. The quantitative estimate of drug-likeness (QED) is 0.783. The van der Waals surface area contributed by atoms with Gasteiger partial charge in [0.1, 0.15) is 5.76 Å². The fraction of sp³-hybridized carbons (Fsp3) is 0.615. The third-order valence-electron chi connectivity index (χ3n) is 3.46. The molecule has 3 nitrogen and oxygen atoms in total. The van der Waals surface area contributed by atoms with E-state index in [9.17, 15) is 4.79 Å². The Morgan fingerprint density at radius 3 is 2.75 bits per heavy atom. The summed E-state index contributed by atoms with van der Waals surface area (Å²) in [6, 6.07) is 3.97. The van der Waals surface area contributed by atoms with E-state index >= 15 is 0 Å². The van der Waals surface area contributed by atoms with E-state index in [2.05, 4.69) is 6.92 Å². The van der Waals surface area contributed by atoms with E-state index in [1.165, 1.54) is 12.8 Å². The molecule has 0 unspecified atom stereocenters. The molecule has 16 heavy (non-hydrogen) atoms. The molecule has 1 aliphatic carbocycles. The second-order valence-electron chi connectivity index (χ2n) is 4.61. The number of carbonyl (C=O) groups is 1. The van der Waals surface area contributed by atoms with Gasteiger partial charge in [0.15, 0.2) is 5.76 Å². The van der Waals surface area contributed by atoms with Crippen LogP contribution in [0.15, 0.2) is 16.5 Å². The molecule has 0 saturated heterocycles. The van der Waals surface area contributed by atoms with Crippen LogP contribution >= 0.6 is 0 Å². The van der Waals surface area contributed by atoms with E-state index in [-0.39, 0.29) is 5.91 Å². The van der Waals surface area contributed by atoms with Gasteiger partial charge in [-0.2, -0.15) is 0 Å². The highest BCUT2D eigenvalue weighted by Crippen LogP contribution is 2.35. The van der Waals surface area contributed by atoms with Crippen LogP contribution in [0.3, 0.4) is 0 Å². The third-order valence-corrected chi connectivity index (χ3v) is 3.46. The van der Waals surface area contributed by atoms with E-state index in [4.69, 9.17) is 4.42 Å². The third kappa shape index (κ3) is 2.13. The molecule has 0 N–H and O–H groups in total. The monoisotopic (exact) mass is 221 g/mol. The first-order valence-electron chi connectivity index (χ1n) is 5.99. The molecule has 1 fully saturated rings. The molecule has 0 aromatic carbocycles. The van der Waals surface area contributed by atoms with Gasteiger partial charge in [0.2, 0.25) is 0 Å². The van der Waals surface area contributed by atoms with Gasteiger partial charge in [-0.1, -0.05) is 6.92 Å². The molecule has 0 aliphatic heterocycles. The van der Waals surface area contributed by atoms with Crippen molar-refractivity contribution < 1.29 is 9.21 Å². The lowest BCUT2D eigenvalue weighted by Gasteiger charge is -2.23. The van der Waals surface area contributed by atoms with E-state index in [1.807, 2.05) is 20.0 Å². The van der Waals surface area contributed by atoms with Gasteiger partial charge in [-0.3, -0.25) is 4.79 Å². The van der Waals surface area contributed by atoms with E-state index in [0.717, 1.165) is 12.2 Å². The molecule has 1 aromatic rings. The lowest BCUT2D eigenvalue weighted by Crippen LogP contribution is -2.36. The van der Waals surface area contributed by atoms with Crippen molar-refractivity contribution >= 4 is 5.91 Å². The van der Waals surface area contributed by atoms with Crippen molar-refractivity contribution in [2.24, 2.45) is 5.92 Å². The number of aryl methyl sites for hydroxylation is 1. The minimum Gasteiger partial charge on any atom is -0.456 e. The zero-order valence-electron chi connectivity index (χ0n) is 10.2. The maximum atomic E-state index is 12.1. The highest BCUT2D eigenvalue weighted by Gasteiger charge is 2.33. The maximum absolute atomic E-state index is 12.1. The molecular formula is C13H19NO2. The van der Waals surface area contributed by atoms with Gasteiger partial charge < -0.3 is 9.32 Å². The average Bonchev–Trinajstić information content (AvgIpc) is 3.04. The zero-order valence-corrected chi connectivity index (χ0v) is 10.2. The smallest absolute Gasteiger partial charge is 0.289 e. The van der Waals surface area contributed by atoms with Crippen LogP contribution in [0.1, 0.15) is 43.0 Å². The van der Waals surface area contributed by atoms with Crippen LogP contribution in [-0.2, 0) is 6.42 Å². The molecular weight excluding hydrogens is 202 g/mol. The molecule has 0 radical (unpaired) electrons. The number of nitrogens with zero attached hydrogens (tertiary/aromatic N) is 1. The van der Waals surface area contributed by atoms with Crippen LogP contribution in [-0.4, -0.2) is 23.9 Å². The minimum atomic E-state index is -0.000833. The Hall–Kier alpha value is -1.25. The van der Waals surface area contributed by atoms with Crippen molar-refractivity contribution in [2.45, 2.75) is 39.2 Å². The average molecular weight is 221 g/mol. The summed E-state index contributed by atoms with van der Waals surface area (Å²) in [5.41, 5.74) is 0. The Kier molecular flexibility index (Phi) is 3.03. The van der Waals surface area contributed by atoms with E-state index in [1.54, 1.807) is 11.0 Å². The predicted molar refractivity (Wildman–Crippen MR) is 62.4 cm³/mol. The van der Waals surface area contributed by atoms with Crippen molar-refractivity contribution in [3.63, 3.8) is 0 Å². The summed E-state index contributed by atoms with van der Waals surface area (Å²) >= 11 is 0. The van der Waals surface area contributed by atoms with E-state index < -0.39 is 0 Å². The van der Waals surface area contributed by atoms with Crippen molar-refractivity contribution in [1.82, 2.24) is 4.90 Å². The standard InChI is InChI=1S/C13H19NO2/c1-4-11-7-8-12(16-11)13(15)14(3)9(2)10-5-6-10/h7-10H,4-6H2,1-3H3/t9-/m0/s1. The van der Waals surface area contributed by atoms with Crippen molar-refractivity contribution in [3.05, 3.63) is 23.7 Å². The fourth-order valence-corrected chi connectivity index (χ4v) is 1.94. The summed E-state index contributed by atoms with van der Waals surface area (Å²) in [4.78, 5) is 13.9. The number of carbonyl (C=O) groups excluding carboxylic acids is 1. The second-order valence-corrected chi connectivity index (χ2v) is 4.61. The first kappa shape index (κ1) is 11.2. The second kappa shape index (κ2) is 4.32. The summed E-state index contributed by atoms with van der Waals surface area (Å²) in [6.45, 7) is 4.13. The zero-order chi connectivity index (χ0) is 11.7. The van der Waals surface area contributed by atoms with Crippen molar-refractivity contribution in [1.29, 1.82) is 0 Å². The van der Waals surface area contributed by atoms with Crippen LogP contribution in [0, 0.1) is 5.92 Å². The molecule has 1 saturated carbocycles. The first-order valence-corrected chi connectivity index (χ1v) is 5.99. The molecule has 2 rings (SSSR count). The predicted octanol–water partition coefficient (Wildman–Crippen LogP) is 2.71. The van der Waals surface area contributed by atoms with Crippen LogP contribution < -0.4 is 0 Å². The van der Waals surface area contributed by atoms with Gasteiger partial charge >= 0.3 is 0 Å². The van der Waals surface area contributed by atoms with E-state index in [0.29, 0.717) is 17.7 Å². The summed E-state index contributed by atoms with van der Waals surface area (Å²) in [5.74, 6) is 2.02. The molecule has 1 atom stereocenters. The lowest BCUT2D eigenvalue weighted by molar-refractivity contribution is 0.0693. The van der Waals surface area contributed by atoms with Gasteiger partial charge in [-0.25, -0.2) is 0 Å². The Balaban J connectivity index is 2.05. The van der Waals surface area contributed by atoms with Gasteiger partial charge in [0.25, 0.3) is 5.91 Å². The number of amides is 1. The molecule has 1 aromatic heterocycles. The SMILES string of the molecule is CCc1ccc(C(=O)N(C)[C@@H](C)C2CC2)o1. The van der Waals surface area contributed by atoms with Crippen LogP contribution in [0.25, 0.3) is 0 Å². The Morgan fingerprint density at radius 1 is 1.56 bits per heavy atom. The Morgan fingerprint density at radius 2 is 2.25 bits per heavy atom. The molecule has 0 bridgehead atoms. The molecule has 3 heteroatoms. The van der Waals surface area contributed by atoms with Gasteiger partial charge in [-0.15, -0.1) is 0 Å². The van der Waals surface area contributed by atoms with Crippen molar-refractivity contribution in [3.8, 4) is 0 Å². The van der Waals surface area contributed by atoms with Crippen LogP contribution in [0.4, 0.5) is 0 Å². The van der Waals surface area contributed by atoms with Crippen LogP contribution in [0.5, 0.6) is 0 Å². The number of furan rings is 1. The van der Waals surface area contributed by atoms with Gasteiger partial charge in [0.05, 0.1) is 0 Å². The Labute approximate surface area is 96.4 Å².